The number of ether oxygens (including phenoxy) is 2. The molecule has 0 saturated carbocycles. The molecule has 0 radical (unpaired) electrons. The van der Waals surface area contributed by atoms with Crippen LogP contribution in [0, 0.1) is 11.3 Å². The number of hydrogen-bond donors (Lipinski definition) is 1. The first-order valence-corrected chi connectivity index (χ1v) is 10.7. The van der Waals surface area contributed by atoms with Crippen LogP contribution in [0.2, 0.25) is 5.02 Å². The van der Waals surface area contributed by atoms with Crippen LogP contribution in [0.25, 0.3) is 6.08 Å². The van der Waals surface area contributed by atoms with Gasteiger partial charge in [-0.3, -0.25) is 9.59 Å². The van der Waals surface area contributed by atoms with Crippen molar-refractivity contribution in [1.29, 1.82) is 5.26 Å². The van der Waals surface area contributed by atoms with Crippen molar-refractivity contribution in [3.8, 4) is 17.6 Å². The van der Waals surface area contributed by atoms with Gasteiger partial charge in [-0.25, -0.2) is 0 Å². The van der Waals surface area contributed by atoms with E-state index in [4.69, 9.17) is 21.1 Å². The van der Waals surface area contributed by atoms with Crippen LogP contribution < -0.4 is 14.8 Å². The second kappa shape index (κ2) is 11.2. The molecule has 1 saturated heterocycles. The minimum atomic E-state index is -0.538. The Morgan fingerprint density at radius 3 is 2.50 bits per heavy atom. The Bertz CT molecular complexity index is 1040. The molecule has 2 aromatic carbocycles. The second-order valence-corrected chi connectivity index (χ2v) is 7.58. The molecule has 2 aromatic rings. The number of carbonyl (C=O) groups excluding carboxylic acids is 2. The number of halogens is 1. The molecule has 1 fully saturated rings. The summed E-state index contributed by atoms with van der Waals surface area (Å²) >= 11 is 5.85. The highest BCUT2D eigenvalue weighted by molar-refractivity contribution is 6.30. The maximum Gasteiger partial charge on any atom is 0.266 e. The zero-order chi connectivity index (χ0) is 22.9. The van der Waals surface area contributed by atoms with Crippen LogP contribution in [0.5, 0.6) is 11.5 Å². The molecule has 0 spiro atoms. The van der Waals surface area contributed by atoms with E-state index in [-0.39, 0.29) is 18.1 Å². The Kier molecular flexibility index (Phi) is 8.12. The van der Waals surface area contributed by atoms with Gasteiger partial charge < -0.3 is 19.7 Å². The smallest absolute Gasteiger partial charge is 0.266 e. The standard InChI is InChI=1S/C24H24ClN3O4/c1-2-31-22-14-17(5-10-21(22)32-16-23(29)28-11-3-4-12-28)13-18(15-26)24(30)27-20-8-6-19(25)7-9-20/h5-10,13-14H,2-4,11-12,16H2,1H3,(H,27,30)/b18-13+. The van der Waals surface area contributed by atoms with E-state index < -0.39 is 5.91 Å². The molecule has 166 valence electrons. The van der Waals surface area contributed by atoms with Crippen molar-refractivity contribution in [3.05, 3.63) is 58.6 Å². The molecule has 1 N–H and O–H groups in total. The van der Waals surface area contributed by atoms with Gasteiger partial charge in [-0.15, -0.1) is 0 Å². The molecule has 3 rings (SSSR count). The number of anilines is 1. The van der Waals surface area contributed by atoms with Gasteiger partial charge in [0.1, 0.15) is 11.6 Å². The van der Waals surface area contributed by atoms with Crippen molar-refractivity contribution in [3.63, 3.8) is 0 Å². The summed E-state index contributed by atoms with van der Waals surface area (Å²) in [5, 5.41) is 12.7. The Hall–Kier alpha value is -3.50. The molecule has 0 bridgehead atoms. The van der Waals surface area contributed by atoms with E-state index in [0.29, 0.717) is 34.4 Å². The number of hydrogen-bond acceptors (Lipinski definition) is 5. The van der Waals surface area contributed by atoms with E-state index in [0.717, 1.165) is 25.9 Å². The highest BCUT2D eigenvalue weighted by Crippen LogP contribution is 2.29. The summed E-state index contributed by atoms with van der Waals surface area (Å²) in [6.07, 6.45) is 3.50. The largest absolute Gasteiger partial charge is 0.490 e. The summed E-state index contributed by atoms with van der Waals surface area (Å²) < 4.78 is 11.3. The minimum absolute atomic E-state index is 0.0560. The number of benzene rings is 2. The zero-order valence-electron chi connectivity index (χ0n) is 17.8. The van der Waals surface area contributed by atoms with Gasteiger partial charge in [0.25, 0.3) is 11.8 Å². The molecule has 32 heavy (non-hydrogen) atoms. The van der Waals surface area contributed by atoms with Gasteiger partial charge in [0.2, 0.25) is 0 Å². The lowest BCUT2D eigenvalue weighted by molar-refractivity contribution is -0.132. The Morgan fingerprint density at radius 2 is 1.84 bits per heavy atom. The molecule has 0 aromatic heterocycles. The number of likely N-dealkylation sites (tertiary alicyclic amines) is 1. The number of carbonyl (C=O) groups is 2. The van der Waals surface area contributed by atoms with E-state index in [1.165, 1.54) is 6.08 Å². The van der Waals surface area contributed by atoms with Crippen LogP contribution in [0.3, 0.4) is 0 Å². The maximum absolute atomic E-state index is 12.5. The lowest BCUT2D eigenvalue weighted by atomic mass is 10.1. The molecule has 2 amide bonds. The van der Waals surface area contributed by atoms with Gasteiger partial charge in [-0.2, -0.15) is 5.26 Å². The quantitative estimate of drug-likeness (QED) is 0.475. The lowest BCUT2D eigenvalue weighted by Crippen LogP contribution is -2.32. The molecule has 0 unspecified atom stereocenters. The molecule has 7 nitrogen and oxygen atoms in total. The first-order valence-electron chi connectivity index (χ1n) is 10.4. The van der Waals surface area contributed by atoms with E-state index >= 15 is 0 Å². The fourth-order valence-electron chi connectivity index (χ4n) is 3.25. The Balaban J connectivity index is 1.72. The van der Waals surface area contributed by atoms with Crippen molar-refractivity contribution in [2.24, 2.45) is 0 Å². The van der Waals surface area contributed by atoms with Crippen LogP contribution in [0.15, 0.2) is 48.0 Å². The zero-order valence-corrected chi connectivity index (χ0v) is 18.5. The second-order valence-electron chi connectivity index (χ2n) is 7.15. The van der Waals surface area contributed by atoms with Crippen molar-refractivity contribution in [1.82, 2.24) is 4.90 Å². The summed E-state index contributed by atoms with van der Waals surface area (Å²) in [4.78, 5) is 26.5. The number of rotatable bonds is 8. The average molecular weight is 454 g/mol. The molecule has 8 heteroatoms. The number of nitriles is 1. The Morgan fingerprint density at radius 1 is 1.12 bits per heavy atom. The first-order chi connectivity index (χ1) is 15.5. The third-order valence-electron chi connectivity index (χ3n) is 4.86. The summed E-state index contributed by atoms with van der Waals surface area (Å²) in [7, 11) is 0. The monoisotopic (exact) mass is 453 g/mol. The van der Waals surface area contributed by atoms with E-state index in [9.17, 15) is 14.9 Å². The van der Waals surface area contributed by atoms with Crippen LogP contribution in [0.4, 0.5) is 5.69 Å². The topological polar surface area (TPSA) is 91.7 Å². The molecular formula is C24H24ClN3O4. The molecule has 1 aliphatic heterocycles. The van der Waals surface area contributed by atoms with Gasteiger partial charge in [0.15, 0.2) is 18.1 Å². The van der Waals surface area contributed by atoms with E-state index in [2.05, 4.69) is 5.32 Å². The number of nitrogens with zero attached hydrogens (tertiary/aromatic N) is 2. The summed E-state index contributed by atoms with van der Waals surface area (Å²) in [5.41, 5.74) is 1.05. The van der Waals surface area contributed by atoms with Gasteiger partial charge in [-0.05, 0) is 67.8 Å². The van der Waals surface area contributed by atoms with Gasteiger partial charge in [-0.1, -0.05) is 17.7 Å². The van der Waals surface area contributed by atoms with Gasteiger partial charge in [0.05, 0.1) is 6.61 Å². The molecular weight excluding hydrogens is 430 g/mol. The van der Waals surface area contributed by atoms with Crippen molar-refractivity contribution < 1.29 is 19.1 Å². The third kappa shape index (κ3) is 6.25. The van der Waals surface area contributed by atoms with Crippen LogP contribution in [-0.4, -0.2) is 43.0 Å². The fraction of sp³-hybridized carbons (Fsp3) is 0.292. The molecule has 1 heterocycles. The predicted molar refractivity (Wildman–Crippen MR) is 123 cm³/mol. The summed E-state index contributed by atoms with van der Waals surface area (Å²) in [5.74, 6) is 0.274. The molecule has 1 aliphatic rings. The lowest BCUT2D eigenvalue weighted by Gasteiger charge is -2.17. The van der Waals surface area contributed by atoms with Crippen molar-refractivity contribution in [2.75, 3.05) is 31.6 Å². The van der Waals surface area contributed by atoms with Gasteiger partial charge >= 0.3 is 0 Å². The van der Waals surface area contributed by atoms with Crippen LogP contribution in [-0.2, 0) is 9.59 Å². The molecule has 0 atom stereocenters. The molecule has 0 aliphatic carbocycles. The van der Waals surface area contributed by atoms with E-state index in [1.807, 2.05) is 13.0 Å². The number of amides is 2. The normalized spacial score (nSPS) is 13.4. The Labute approximate surface area is 192 Å². The third-order valence-corrected chi connectivity index (χ3v) is 5.11. The van der Waals surface area contributed by atoms with Crippen molar-refractivity contribution in [2.45, 2.75) is 19.8 Å². The summed E-state index contributed by atoms with van der Waals surface area (Å²) in [6.45, 7) is 3.69. The fourth-order valence-corrected chi connectivity index (χ4v) is 3.37. The minimum Gasteiger partial charge on any atom is -0.490 e. The highest BCUT2D eigenvalue weighted by atomic mass is 35.5. The van der Waals surface area contributed by atoms with Crippen molar-refractivity contribution >= 4 is 35.2 Å². The maximum atomic E-state index is 12.5. The van der Waals surface area contributed by atoms with Crippen LogP contribution >= 0.6 is 11.6 Å². The summed E-state index contributed by atoms with van der Waals surface area (Å²) in [6, 6.07) is 13.6. The number of nitrogens with one attached hydrogen (secondary N) is 1. The van der Waals surface area contributed by atoms with Crippen LogP contribution in [0.1, 0.15) is 25.3 Å². The predicted octanol–water partition coefficient (Wildman–Crippen LogP) is 4.29. The highest BCUT2D eigenvalue weighted by Gasteiger charge is 2.19. The van der Waals surface area contributed by atoms with Gasteiger partial charge in [0, 0.05) is 23.8 Å². The first kappa shape index (κ1) is 23.2. The average Bonchev–Trinajstić information content (AvgIpc) is 3.33. The van der Waals surface area contributed by atoms with E-state index in [1.54, 1.807) is 47.4 Å². The SMILES string of the molecule is CCOc1cc(/C=C(\C#N)C(=O)Nc2ccc(Cl)cc2)ccc1OCC(=O)N1CCCC1.